The second kappa shape index (κ2) is 4.14. The minimum absolute atomic E-state index is 0.548. The highest BCUT2D eigenvalue weighted by Crippen LogP contribution is 2.27. The number of pyridine rings is 1. The number of fused-ring (bicyclic) bond motifs is 1. The topological polar surface area (TPSA) is 43.3 Å². The summed E-state index contributed by atoms with van der Waals surface area (Å²) < 4.78 is 1.95. The largest absolute Gasteiger partial charge is 0.382 e. The molecule has 0 radical (unpaired) electrons. The number of anilines is 1. The van der Waals surface area contributed by atoms with Crippen molar-refractivity contribution in [2.24, 2.45) is 0 Å². The summed E-state index contributed by atoms with van der Waals surface area (Å²) in [4.78, 5) is 6.58. The van der Waals surface area contributed by atoms with Crippen LogP contribution in [0.4, 0.5) is 5.82 Å². The Morgan fingerprint density at radius 1 is 0.941 bits per heavy atom. The van der Waals surface area contributed by atoms with E-state index in [-0.39, 0.29) is 0 Å². The Labute approximate surface area is 103 Å². The third-order valence-electron chi connectivity index (χ3n) is 2.42. The molecular weight excluding hydrogens is 230 g/mol. The zero-order valence-corrected chi connectivity index (χ0v) is 9.89. The lowest BCUT2D eigenvalue weighted by molar-refractivity contribution is 1.13. The number of rotatable bonds is 2. The summed E-state index contributed by atoms with van der Waals surface area (Å²) in [6.45, 7) is 0. The SMILES string of the molecule is Nc1cn2cc(Sc3ccccc3)ccc2n1. The molecule has 0 fully saturated rings. The van der Waals surface area contributed by atoms with E-state index < -0.39 is 0 Å². The van der Waals surface area contributed by atoms with Crippen molar-refractivity contribution in [1.82, 2.24) is 9.38 Å². The molecule has 2 N–H and O–H groups in total. The van der Waals surface area contributed by atoms with Crippen LogP contribution in [0.5, 0.6) is 0 Å². The highest BCUT2D eigenvalue weighted by Gasteiger charge is 2.01. The van der Waals surface area contributed by atoms with Crippen LogP contribution < -0.4 is 5.73 Å². The van der Waals surface area contributed by atoms with Gasteiger partial charge < -0.3 is 10.1 Å². The summed E-state index contributed by atoms with van der Waals surface area (Å²) in [7, 11) is 0. The van der Waals surface area contributed by atoms with Crippen LogP contribution in [0.15, 0.2) is 64.6 Å². The molecule has 1 aromatic carbocycles. The van der Waals surface area contributed by atoms with Crippen LogP contribution in [0, 0.1) is 0 Å². The molecule has 0 atom stereocenters. The first kappa shape index (κ1) is 10.2. The highest BCUT2D eigenvalue weighted by molar-refractivity contribution is 7.99. The molecule has 0 bridgehead atoms. The van der Waals surface area contributed by atoms with Gasteiger partial charge in [-0.15, -0.1) is 0 Å². The Hall–Kier alpha value is -1.94. The predicted molar refractivity (Wildman–Crippen MR) is 70.2 cm³/mol. The van der Waals surface area contributed by atoms with Gasteiger partial charge in [-0.3, -0.25) is 0 Å². The van der Waals surface area contributed by atoms with Crippen molar-refractivity contribution < 1.29 is 0 Å². The number of nitrogen functional groups attached to an aromatic ring is 1. The number of nitrogens with zero attached hydrogens (tertiary/aromatic N) is 2. The van der Waals surface area contributed by atoms with E-state index in [1.165, 1.54) is 9.79 Å². The van der Waals surface area contributed by atoms with E-state index in [1.54, 1.807) is 11.8 Å². The van der Waals surface area contributed by atoms with Gasteiger partial charge in [0.2, 0.25) is 0 Å². The number of nitrogens with two attached hydrogens (primary N) is 1. The quantitative estimate of drug-likeness (QED) is 0.749. The van der Waals surface area contributed by atoms with Gasteiger partial charge in [0, 0.05) is 16.0 Å². The van der Waals surface area contributed by atoms with E-state index in [0.29, 0.717) is 5.82 Å². The smallest absolute Gasteiger partial charge is 0.142 e. The maximum atomic E-state index is 5.65. The van der Waals surface area contributed by atoms with Crippen LogP contribution in [0.3, 0.4) is 0 Å². The van der Waals surface area contributed by atoms with Gasteiger partial charge in [0.1, 0.15) is 11.5 Å². The van der Waals surface area contributed by atoms with E-state index in [4.69, 9.17) is 5.73 Å². The third kappa shape index (κ3) is 2.12. The summed E-state index contributed by atoms with van der Waals surface area (Å²) in [5.74, 6) is 0.548. The number of hydrogen-bond acceptors (Lipinski definition) is 3. The molecule has 4 heteroatoms. The Morgan fingerprint density at radius 3 is 2.59 bits per heavy atom. The number of benzene rings is 1. The average molecular weight is 241 g/mol. The van der Waals surface area contributed by atoms with Crippen LogP contribution in [0.25, 0.3) is 5.65 Å². The van der Waals surface area contributed by atoms with Crippen molar-refractivity contribution in [3.63, 3.8) is 0 Å². The van der Waals surface area contributed by atoms with Gasteiger partial charge in [0.05, 0.1) is 6.20 Å². The number of aromatic nitrogens is 2. The van der Waals surface area contributed by atoms with Gasteiger partial charge in [-0.25, -0.2) is 4.98 Å². The van der Waals surface area contributed by atoms with E-state index in [2.05, 4.69) is 23.2 Å². The Morgan fingerprint density at radius 2 is 1.76 bits per heavy atom. The second-order valence-corrected chi connectivity index (χ2v) is 4.86. The maximum absolute atomic E-state index is 5.65. The van der Waals surface area contributed by atoms with Gasteiger partial charge in [0.15, 0.2) is 0 Å². The van der Waals surface area contributed by atoms with Crippen LogP contribution >= 0.6 is 11.8 Å². The number of imidazole rings is 1. The summed E-state index contributed by atoms with van der Waals surface area (Å²) in [5, 5.41) is 0. The fourth-order valence-corrected chi connectivity index (χ4v) is 2.54. The standard InChI is InChI=1S/C13H11N3S/c14-12-9-16-8-11(6-7-13(16)15-12)17-10-4-2-1-3-5-10/h1-9H,14H2. The van der Waals surface area contributed by atoms with Crippen molar-refractivity contribution in [1.29, 1.82) is 0 Å². The summed E-state index contributed by atoms with van der Waals surface area (Å²) >= 11 is 1.72. The molecule has 84 valence electrons. The zero-order valence-electron chi connectivity index (χ0n) is 9.08. The van der Waals surface area contributed by atoms with Crippen LogP contribution in [0.2, 0.25) is 0 Å². The van der Waals surface area contributed by atoms with Gasteiger partial charge in [0.25, 0.3) is 0 Å². The normalized spacial score (nSPS) is 10.8. The summed E-state index contributed by atoms with van der Waals surface area (Å²) in [5.41, 5.74) is 6.53. The molecule has 0 amide bonds. The Kier molecular flexibility index (Phi) is 2.49. The fraction of sp³-hybridized carbons (Fsp3) is 0. The molecule has 3 nitrogen and oxygen atoms in total. The van der Waals surface area contributed by atoms with Crippen molar-refractivity contribution in [3.05, 3.63) is 54.9 Å². The number of hydrogen-bond donors (Lipinski definition) is 1. The molecule has 2 heterocycles. The first-order valence-electron chi connectivity index (χ1n) is 5.28. The molecule has 0 unspecified atom stereocenters. The lowest BCUT2D eigenvalue weighted by Gasteiger charge is -2.01. The van der Waals surface area contributed by atoms with Crippen molar-refractivity contribution >= 4 is 23.2 Å². The molecule has 2 aromatic heterocycles. The second-order valence-electron chi connectivity index (χ2n) is 3.71. The molecule has 3 aromatic rings. The zero-order chi connectivity index (χ0) is 11.7. The first-order chi connectivity index (χ1) is 8.31. The molecule has 0 aliphatic rings. The van der Waals surface area contributed by atoms with E-state index >= 15 is 0 Å². The highest BCUT2D eigenvalue weighted by atomic mass is 32.2. The lowest BCUT2D eigenvalue weighted by atomic mass is 10.4. The van der Waals surface area contributed by atoms with Gasteiger partial charge in [-0.1, -0.05) is 30.0 Å². The molecule has 0 aliphatic carbocycles. The minimum atomic E-state index is 0.548. The predicted octanol–water partition coefficient (Wildman–Crippen LogP) is 3.07. The van der Waals surface area contributed by atoms with Gasteiger partial charge >= 0.3 is 0 Å². The molecule has 3 rings (SSSR count). The molecule has 0 spiro atoms. The van der Waals surface area contributed by atoms with Crippen molar-refractivity contribution in [2.75, 3.05) is 5.73 Å². The van der Waals surface area contributed by atoms with Crippen LogP contribution in [-0.4, -0.2) is 9.38 Å². The van der Waals surface area contributed by atoms with E-state index in [0.717, 1.165) is 5.65 Å². The molecule has 0 saturated heterocycles. The maximum Gasteiger partial charge on any atom is 0.142 e. The molecule has 17 heavy (non-hydrogen) atoms. The monoisotopic (exact) mass is 241 g/mol. The van der Waals surface area contributed by atoms with E-state index in [1.807, 2.05) is 41.1 Å². The van der Waals surface area contributed by atoms with Crippen molar-refractivity contribution in [2.45, 2.75) is 9.79 Å². The van der Waals surface area contributed by atoms with Crippen LogP contribution in [0.1, 0.15) is 0 Å². The van der Waals surface area contributed by atoms with E-state index in [9.17, 15) is 0 Å². The van der Waals surface area contributed by atoms with Gasteiger partial charge in [-0.2, -0.15) is 0 Å². The Bertz CT molecular complexity index is 646. The van der Waals surface area contributed by atoms with Crippen molar-refractivity contribution in [3.8, 4) is 0 Å². The van der Waals surface area contributed by atoms with Gasteiger partial charge in [-0.05, 0) is 24.3 Å². The molecule has 0 saturated carbocycles. The average Bonchev–Trinajstić information content (AvgIpc) is 2.70. The first-order valence-corrected chi connectivity index (χ1v) is 6.10. The third-order valence-corrected chi connectivity index (χ3v) is 3.41. The summed E-state index contributed by atoms with van der Waals surface area (Å²) in [6.07, 6.45) is 3.86. The summed E-state index contributed by atoms with van der Waals surface area (Å²) in [6, 6.07) is 14.3. The molecule has 0 aliphatic heterocycles. The molecular formula is C13H11N3S. The lowest BCUT2D eigenvalue weighted by Crippen LogP contribution is -1.83. The van der Waals surface area contributed by atoms with Crippen LogP contribution in [-0.2, 0) is 0 Å². The fourth-order valence-electron chi connectivity index (χ4n) is 1.68. The minimum Gasteiger partial charge on any atom is -0.382 e. The Balaban J connectivity index is 1.95.